The molecule has 0 saturated heterocycles. The van der Waals surface area contributed by atoms with E-state index in [1.54, 1.807) is 13.2 Å². The van der Waals surface area contributed by atoms with Crippen LogP contribution >= 0.6 is 15.9 Å². The number of nitrogens with zero attached hydrogens (tertiary/aromatic N) is 1. The Morgan fingerprint density at radius 1 is 1.03 bits per heavy atom. The first-order valence-corrected chi connectivity index (χ1v) is 11.0. The molecule has 0 unspecified atom stereocenters. The van der Waals surface area contributed by atoms with E-state index in [9.17, 15) is 4.79 Å². The molecule has 0 aliphatic rings. The molecule has 7 heteroatoms. The fourth-order valence-corrected chi connectivity index (χ4v) is 3.90. The van der Waals surface area contributed by atoms with Crippen LogP contribution in [0.2, 0.25) is 0 Å². The minimum Gasteiger partial charge on any atom is -0.495 e. The van der Waals surface area contributed by atoms with Gasteiger partial charge in [0.05, 0.1) is 18.4 Å². The third-order valence-electron chi connectivity index (χ3n) is 5.04. The first-order valence-electron chi connectivity index (χ1n) is 10.2. The van der Waals surface area contributed by atoms with E-state index in [2.05, 4.69) is 48.7 Å². The van der Waals surface area contributed by atoms with Crippen molar-refractivity contribution in [3.8, 4) is 5.75 Å². The molecule has 32 heavy (non-hydrogen) atoms. The predicted octanol–water partition coefficient (Wildman–Crippen LogP) is 5.38. The molecule has 3 aromatic carbocycles. The Labute approximate surface area is 194 Å². The van der Waals surface area contributed by atoms with Crippen LogP contribution in [-0.2, 0) is 6.42 Å². The Kier molecular flexibility index (Phi) is 6.87. The van der Waals surface area contributed by atoms with Crippen LogP contribution in [0.25, 0.3) is 10.9 Å². The van der Waals surface area contributed by atoms with Crippen LogP contribution in [0.4, 0.5) is 5.69 Å². The van der Waals surface area contributed by atoms with Crippen molar-refractivity contribution in [2.75, 3.05) is 19.0 Å². The zero-order chi connectivity index (χ0) is 22.3. The van der Waals surface area contributed by atoms with Gasteiger partial charge in [0.2, 0.25) is 5.96 Å². The van der Waals surface area contributed by atoms with Crippen molar-refractivity contribution in [2.24, 2.45) is 4.99 Å². The number of guanidine groups is 1. The molecular formula is C25H23BrN4O2. The quantitative estimate of drug-likeness (QED) is 0.250. The molecule has 0 radical (unpaired) electrons. The molecule has 0 saturated carbocycles. The van der Waals surface area contributed by atoms with Gasteiger partial charge in [0.15, 0.2) is 0 Å². The van der Waals surface area contributed by atoms with Crippen molar-refractivity contribution in [1.29, 1.82) is 0 Å². The molecule has 0 aliphatic heterocycles. The lowest BCUT2D eigenvalue weighted by molar-refractivity contribution is 0.0976. The number of benzene rings is 3. The van der Waals surface area contributed by atoms with E-state index < -0.39 is 0 Å². The molecule has 0 atom stereocenters. The molecule has 3 N–H and O–H groups in total. The maximum absolute atomic E-state index is 12.9. The second kappa shape index (κ2) is 10.2. The topological polar surface area (TPSA) is 78.5 Å². The van der Waals surface area contributed by atoms with Crippen molar-refractivity contribution in [1.82, 2.24) is 10.3 Å². The van der Waals surface area contributed by atoms with Crippen LogP contribution in [0, 0.1) is 0 Å². The van der Waals surface area contributed by atoms with E-state index in [1.165, 1.54) is 10.9 Å². The summed E-state index contributed by atoms with van der Waals surface area (Å²) >= 11 is 3.43. The minimum atomic E-state index is -0.259. The van der Waals surface area contributed by atoms with Crippen LogP contribution in [0.3, 0.4) is 0 Å². The van der Waals surface area contributed by atoms with E-state index in [1.807, 2.05) is 60.8 Å². The zero-order valence-electron chi connectivity index (χ0n) is 17.6. The normalized spacial score (nSPS) is 11.4. The summed E-state index contributed by atoms with van der Waals surface area (Å²) in [6.45, 7) is 0.496. The number of aromatic nitrogens is 1. The molecule has 1 heterocycles. The van der Waals surface area contributed by atoms with Crippen molar-refractivity contribution in [2.45, 2.75) is 6.42 Å². The summed E-state index contributed by atoms with van der Waals surface area (Å²) in [5.41, 5.74) is 3.52. The first-order chi connectivity index (χ1) is 15.7. The number of aliphatic imine (C=N–C) groups is 1. The van der Waals surface area contributed by atoms with Gasteiger partial charge in [-0.15, -0.1) is 0 Å². The number of hydrogen-bond donors (Lipinski definition) is 3. The molecule has 0 aliphatic carbocycles. The van der Waals surface area contributed by atoms with E-state index in [4.69, 9.17) is 4.74 Å². The van der Waals surface area contributed by atoms with E-state index in [0.717, 1.165) is 11.9 Å². The summed E-state index contributed by atoms with van der Waals surface area (Å²) in [6.07, 6.45) is 2.74. The highest BCUT2D eigenvalue weighted by molar-refractivity contribution is 9.10. The molecule has 162 valence electrons. The van der Waals surface area contributed by atoms with Gasteiger partial charge in [-0.1, -0.05) is 42.5 Å². The average Bonchev–Trinajstić information content (AvgIpc) is 3.22. The Bertz CT molecular complexity index is 1270. The fraction of sp³-hybridized carbons (Fsp3) is 0.120. The highest BCUT2D eigenvalue weighted by Gasteiger charge is 2.13. The molecule has 6 nitrogen and oxygen atoms in total. The van der Waals surface area contributed by atoms with Crippen LogP contribution in [-0.4, -0.2) is 30.5 Å². The van der Waals surface area contributed by atoms with Crippen LogP contribution in [0.5, 0.6) is 5.75 Å². The summed E-state index contributed by atoms with van der Waals surface area (Å²) in [4.78, 5) is 20.8. The largest absolute Gasteiger partial charge is 0.495 e. The van der Waals surface area contributed by atoms with Gasteiger partial charge in [-0.2, -0.15) is 0 Å². The highest BCUT2D eigenvalue weighted by atomic mass is 79.9. The number of carbonyl (C=O) groups excluding carboxylic acids is 1. The van der Waals surface area contributed by atoms with Crippen molar-refractivity contribution >= 4 is 44.4 Å². The third kappa shape index (κ3) is 5.00. The smallest absolute Gasteiger partial charge is 0.259 e. The fourth-order valence-electron chi connectivity index (χ4n) is 3.43. The van der Waals surface area contributed by atoms with Gasteiger partial charge in [0, 0.05) is 28.1 Å². The highest BCUT2D eigenvalue weighted by Crippen LogP contribution is 2.23. The number of rotatable bonds is 6. The number of halogens is 1. The molecule has 0 fully saturated rings. The van der Waals surface area contributed by atoms with Gasteiger partial charge in [-0.3, -0.25) is 15.1 Å². The van der Waals surface area contributed by atoms with E-state index in [-0.39, 0.29) is 5.91 Å². The van der Waals surface area contributed by atoms with Gasteiger partial charge >= 0.3 is 0 Å². The van der Waals surface area contributed by atoms with Gasteiger partial charge in [0.1, 0.15) is 5.75 Å². The second-order valence-corrected chi connectivity index (χ2v) is 7.95. The minimum absolute atomic E-state index is 0.259. The lowest BCUT2D eigenvalue weighted by atomic mass is 10.1. The molecular weight excluding hydrogens is 468 g/mol. The van der Waals surface area contributed by atoms with E-state index >= 15 is 0 Å². The number of amides is 1. The monoisotopic (exact) mass is 490 g/mol. The molecule has 1 amide bonds. The molecule has 0 spiro atoms. The molecule has 0 bridgehead atoms. The van der Waals surface area contributed by atoms with Gasteiger partial charge in [0.25, 0.3) is 5.91 Å². The lowest BCUT2D eigenvalue weighted by Gasteiger charge is -2.14. The number of hydrogen-bond acceptors (Lipinski definition) is 3. The number of ether oxygens (including phenoxy) is 1. The van der Waals surface area contributed by atoms with E-state index in [0.29, 0.717) is 34.0 Å². The summed E-state index contributed by atoms with van der Waals surface area (Å²) in [7, 11) is 1.61. The van der Waals surface area contributed by atoms with Crippen molar-refractivity contribution in [3.05, 3.63) is 94.6 Å². The van der Waals surface area contributed by atoms with Crippen molar-refractivity contribution < 1.29 is 9.53 Å². The van der Waals surface area contributed by atoms with Crippen LogP contribution < -0.4 is 15.4 Å². The Hall–Kier alpha value is -3.58. The number of para-hydroxylation sites is 3. The number of carbonyl (C=O) groups is 1. The Morgan fingerprint density at radius 2 is 1.78 bits per heavy atom. The maximum atomic E-state index is 12.9. The maximum Gasteiger partial charge on any atom is 0.259 e. The Morgan fingerprint density at radius 3 is 2.62 bits per heavy atom. The SMILES string of the molecule is COc1ccccc1NC(=NCCc1c[nH]c2ccccc12)NC(=O)c1ccccc1Br. The number of aromatic amines is 1. The number of methoxy groups -OCH3 is 1. The summed E-state index contributed by atoms with van der Waals surface area (Å²) in [6, 6.07) is 22.9. The summed E-state index contributed by atoms with van der Waals surface area (Å²) < 4.78 is 6.14. The number of H-pyrrole nitrogens is 1. The number of nitrogens with one attached hydrogen (secondary N) is 3. The van der Waals surface area contributed by atoms with Crippen LogP contribution in [0.1, 0.15) is 15.9 Å². The molecule has 4 aromatic rings. The predicted molar refractivity (Wildman–Crippen MR) is 133 cm³/mol. The first kappa shape index (κ1) is 21.6. The summed E-state index contributed by atoms with van der Waals surface area (Å²) in [5.74, 6) is 0.757. The van der Waals surface area contributed by atoms with Crippen LogP contribution in [0.15, 0.2) is 88.5 Å². The third-order valence-corrected chi connectivity index (χ3v) is 5.73. The number of fused-ring (bicyclic) bond motifs is 1. The second-order valence-electron chi connectivity index (χ2n) is 7.10. The van der Waals surface area contributed by atoms with Crippen molar-refractivity contribution in [3.63, 3.8) is 0 Å². The van der Waals surface area contributed by atoms with Gasteiger partial charge in [-0.25, -0.2) is 0 Å². The molecule has 1 aromatic heterocycles. The summed E-state index contributed by atoms with van der Waals surface area (Å²) in [5, 5.41) is 7.28. The lowest BCUT2D eigenvalue weighted by Crippen LogP contribution is -2.36. The number of anilines is 1. The zero-order valence-corrected chi connectivity index (χ0v) is 19.1. The Balaban J connectivity index is 1.56. The average molecular weight is 491 g/mol. The van der Waals surface area contributed by atoms with Gasteiger partial charge in [-0.05, 0) is 58.2 Å². The van der Waals surface area contributed by atoms with Gasteiger partial charge < -0.3 is 15.0 Å². The molecule has 4 rings (SSSR count). The standard InChI is InChI=1S/C25H23BrN4O2/c1-32-23-13-7-6-12-22(23)29-25(30-24(31)19-9-2-4-10-20(19)26)27-15-14-17-16-28-21-11-5-3-8-18(17)21/h2-13,16,28H,14-15H2,1H3,(H2,27,29,30,31).